The maximum atomic E-state index is 11.6. The zero-order chi connectivity index (χ0) is 13.0. The molecule has 1 fully saturated rings. The van der Waals surface area contributed by atoms with Gasteiger partial charge in [0, 0.05) is 5.88 Å². The highest BCUT2D eigenvalue weighted by molar-refractivity contribution is 6.19. The fourth-order valence-corrected chi connectivity index (χ4v) is 1.87. The Morgan fingerprint density at radius 1 is 1.39 bits per heavy atom. The highest BCUT2D eigenvalue weighted by Crippen LogP contribution is 2.09. The van der Waals surface area contributed by atoms with E-state index in [-0.39, 0.29) is 30.3 Å². The molecule has 1 aliphatic rings. The summed E-state index contributed by atoms with van der Waals surface area (Å²) in [5, 5.41) is 5.17. The minimum atomic E-state index is -0.547. The number of carbonyl (C=O) groups is 2. The summed E-state index contributed by atoms with van der Waals surface area (Å²) in [6.07, 6.45) is 0. The Hall–Kier alpha value is -1.75. The average Bonchev–Trinajstić information content (AvgIpc) is 2.41. The van der Waals surface area contributed by atoms with Gasteiger partial charge in [0.25, 0.3) is 5.91 Å². The third-order valence-corrected chi connectivity index (χ3v) is 2.94. The molecule has 6 heteroatoms. The number of nitrogens with one attached hydrogen (secondary N) is 2. The monoisotopic (exact) mass is 268 g/mol. The van der Waals surface area contributed by atoms with Crippen molar-refractivity contribution < 1.29 is 14.3 Å². The fraction of sp³-hybridized carbons (Fsp3) is 0.333. The predicted molar refractivity (Wildman–Crippen MR) is 66.5 cm³/mol. The number of hydrogen-bond donors (Lipinski definition) is 2. The molecule has 1 aliphatic heterocycles. The SMILES string of the molecule is O=C(COc1ccccc1)N[C@H]1C(=O)N[C@H]1CCl. The van der Waals surface area contributed by atoms with Crippen LogP contribution in [0, 0.1) is 0 Å². The van der Waals surface area contributed by atoms with E-state index in [1.165, 1.54) is 0 Å². The number of amides is 2. The number of alkyl halides is 1. The van der Waals surface area contributed by atoms with Crippen molar-refractivity contribution in [3.8, 4) is 5.75 Å². The lowest BCUT2D eigenvalue weighted by atomic mass is 10.0. The molecule has 0 spiro atoms. The first-order chi connectivity index (χ1) is 8.70. The van der Waals surface area contributed by atoms with Crippen LogP contribution in [0.15, 0.2) is 30.3 Å². The van der Waals surface area contributed by atoms with Crippen LogP contribution in [0.5, 0.6) is 5.75 Å². The van der Waals surface area contributed by atoms with Gasteiger partial charge in [-0.15, -0.1) is 11.6 Å². The molecule has 1 aromatic carbocycles. The normalized spacial score (nSPS) is 21.7. The largest absolute Gasteiger partial charge is 0.484 e. The van der Waals surface area contributed by atoms with Gasteiger partial charge < -0.3 is 15.4 Å². The number of hydrogen-bond acceptors (Lipinski definition) is 3. The number of benzene rings is 1. The standard InChI is InChI=1S/C12H13ClN2O3/c13-6-9-11(12(17)14-9)15-10(16)7-18-8-4-2-1-3-5-8/h1-5,9,11H,6-7H2,(H,14,17)(H,15,16)/t9-,11+/m0/s1. The summed E-state index contributed by atoms with van der Waals surface area (Å²) < 4.78 is 5.26. The molecule has 0 bridgehead atoms. The Bertz CT molecular complexity index is 438. The minimum absolute atomic E-state index is 0.122. The highest BCUT2D eigenvalue weighted by Gasteiger charge is 2.39. The molecule has 1 saturated heterocycles. The first kappa shape index (κ1) is 12.7. The van der Waals surface area contributed by atoms with Crippen molar-refractivity contribution in [1.29, 1.82) is 0 Å². The summed E-state index contributed by atoms with van der Waals surface area (Å²) in [5.41, 5.74) is 0. The van der Waals surface area contributed by atoms with Gasteiger partial charge in [-0.3, -0.25) is 9.59 Å². The summed E-state index contributed by atoms with van der Waals surface area (Å²) in [5.74, 6) is 0.332. The molecule has 96 valence electrons. The van der Waals surface area contributed by atoms with Crippen LogP contribution in [0.1, 0.15) is 0 Å². The van der Waals surface area contributed by atoms with E-state index in [2.05, 4.69) is 10.6 Å². The van der Waals surface area contributed by atoms with Crippen molar-refractivity contribution in [2.24, 2.45) is 0 Å². The van der Waals surface area contributed by atoms with Crippen LogP contribution in [0.2, 0.25) is 0 Å². The number of para-hydroxylation sites is 1. The molecule has 0 unspecified atom stereocenters. The van der Waals surface area contributed by atoms with Gasteiger partial charge in [0.05, 0.1) is 6.04 Å². The molecule has 2 rings (SSSR count). The van der Waals surface area contributed by atoms with Gasteiger partial charge >= 0.3 is 0 Å². The number of rotatable bonds is 5. The van der Waals surface area contributed by atoms with E-state index in [1.807, 2.05) is 18.2 Å². The molecule has 18 heavy (non-hydrogen) atoms. The molecular weight excluding hydrogens is 256 g/mol. The zero-order valence-corrected chi connectivity index (χ0v) is 10.3. The zero-order valence-electron chi connectivity index (χ0n) is 9.56. The molecule has 2 atom stereocenters. The highest BCUT2D eigenvalue weighted by atomic mass is 35.5. The molecule has 1 aromatic rings. The topological polar surface area (TPSA) is 67.4 Å². The molecular formula is C12H13ClN2O3. The summed E-state index contributed by atoms with van der Waals surface area (Å²) in [6, 6.07) is 8.26. The van der Waals surface area contributed by atoms with Crippen LogP contribution in [0.3, 0.4) is 0 Å². The molecule has 0 saturated carbocycles. The van der Waals surface area contributed by atoms with Crippen LogP contribution in [-0.2, 0) is 9.59 Å². The van der Waals surface area contributed by atoms with Crippen molar-refractivity contribution in [2.75, 3.05) is 12.5 Å². The van der Waals surface area contributed by atoms with E-state index < -0.39 is 6.04 Å². The van der Waals surface area contributed by atoms with E-state index in [9.17, 15) is 9.59 Å². The number of carbonyl (C=O) groups excluding carboxylic acids is 2. The lowest BCUT2D eigenvalue weighted by molar-refractivity contribution is -0.136. The molecule has 2 N–H and O–H groups in total. The first-order valence-corrected chi connectivity index (χ1v) is 6.07. The predicted octanol–water partition coefficient (Wildman–Crippen LogP) is 0.287. The van der Waals surface area contributed by atoms with Gasteiger partial charge in [-0.2, -0.15) is 0 Å². The summed E-state index contributed by atoms with van der Waals surface area (Å²) >= 11 is 5.62. The quantitative estimate of drug-likeness (QED) is 0.596. The molecule has 0 radical (unpaired) electrons. The lowest BCUT2D eigenvalue weighted by Crippen LogP contribution is -2.70. The van der Waals surface area contributed by atoms with Crippen LogP contribution in [-0.4, -0.2) is 36.4 Å². The van der Waals surface area contributed by atoms with Gasteiger partial charge in [0.2, 0.25) is 5.91 Å². The third-order valence-electron chi connectivity index (χ3n) is 2.61. The first-order valence-electron chi connectivity index (χ1n) is 5.54. The van der Waals surface area contributed by atoms with E-state index in [4.69, 9.17) is 16.3 Å². The number of halogens is 1. The van der Waals surface area contributed by atoms with Crippen LogP contribution >= 0.6 is 11.6 Å². The van der Waals surface area contributed by atoms with E-state index in [0.29, 0.717) is 5.75 Å². The van der Waals surface area contributed by atoms with Gasteiger partial charge in [-0.05, 0) is 12.1 Å². The van der Waals surface area contributed by atoms with Gasteiger partial charge in [-0.25, -0.2) is 0 Å². The molecule has 0 aliphatic carbocycles. The van der Waals surface area contributed by atoms with Crippen LogP contribution < -0.4 is 15.4 Å². The second-order valence-corrected chi connectivity index (χ2v) is 4.22. The van der Waals surface area contributed by atoms with E-state index >= 15 is 0 Å². The van der Waals surface area contributed by atoms with Gasteiger partial charge in [0.1, 0.15) is 11.8 Å². The Morgan fingerprint density at radius 2 is 2.11 bits per heavy atom. The van der Waals surface area contributed by atoms with Crippen molar-refractivity contribution >= 4 is 23.4 Å². The summed E-state index contributed by atoms with van der Waals surface area (Å²) in [6.45, 7) is -0.122. The van der Waals surface area contributed by atoms with Crippen molar-refractivity contribution in [3.63, 3.8) is 0 Å². The lowest BCUT2D eigenvalue weighted by Gasteiger charge is -2.35. The van der Waals surface area contributed by atoms with E-state index in [0.717, 1.165) is 0 Å². The average molecular weight is 269 g/mol. The maximum Gasteiger partial charge on any atom is 0.258 e. The fourth-order valence-electron chi connectivity index (χ4n) is 1.62. The molecule has 2 amide bonds. The Labute approximate surface area is 109 Å². The van der Waals surface area contributed by atoms with Gasteiger partial charge in [-0.1, -0.05) is 18.2 Å². The van der Waals surface area contributed by atoms with Gasteiger partial charge in [0.15, 0.2) is 6.61 Å². The Morgan fingerprint density at radius 3 is 2.72 bits per heavy atom. The van der Waals surface area contributed by atoms with Crippen LogP contribution in [0.4, 0.5) is 0 Å². The van der Waals surface area contributed by atoms with Crippen molar-refractivity contribution in [2.45, 2.75) is 12.1 Å². The summed E-state index contributed by atoms with van der Waals surface area (Å²) in [4.78, 5) is 22.8. The Kier molecular flexibility index (Phi) is 4.04. The number of ether oxygens (including phenoxy) is 1. The van der Waals surface area contributed by atoms with Crippen molar-refractivity contribution in [3.05, 3.63) is 30.3 Å². The third kappa shape index (κ3) is 2.92. The summed E-state index contributed by atoms with van der Waals surface area (Å²) in [7, 11) is 0. The molecule has 0 aromatic heterocycles. The van der Waals surface area contributed by atoms with Crippen LogP contribution in [0.25, 0.3) is 0 Å². The smallest absolute Gasteiger partial charge is 0.258 e. The molecule has 5 nitrogen and oxygen atoms in total. The van der Waals surface area contributed by atoms with E-state index in [1.54, 1.807) is 12.1 Å². The second kappa shape index (κ2) is 5.73. The Balaban J connectivity index is 1.77. The maximum absolute atomic E-state index is 11.6. The minimum Gasteiger partial charge on any atom is -0.484 e. The number of β-lactam (4-membered cyclic amide) rings is 1. The molecule has 1 heterocycles. The van der Waals surface area contributed by atoms with Crippen molar-refractivity contribution in [1.82, 2.24) is 10.6 Å². The second-order valence-electron chi connectivity index (χ2n) is 3.92.